The SMILES string of the molecule is N#Cc1ccc(N2CCN(C(=O)CCOCCOC3CNNC(=O)C3Cl)CC2)nc1. The molecule has 0 aliphatic carbocycles. The summed E-state index contributed by atoms with van der Waals surface area (Å²) < 4.78 is 11.0. The van der Waals surface area contributed by atoms with Crippen LogP contribution in [-0.4, -0.2) is 85.7 Å². The Morgan fingerprint density at radius 3 is 2.77 bits per heavy atom. The molecule has 2 amide bonds. The molecule has 0 spiro atoms. The van der Waals surface area contributed by atoms with Crippen LogP contribution in [0.4, 0.5) is 5.82 Å². The third kappa shape index (κ3) is 6.03. The molecule has 2 fully saturated rings. The number of amides is 2. The van der Waals surface area contributed by atoms with Crippen LogP contribution in [0.3, 0.4) is 0 Å². The van der Waals surface area contributed by atoms with Crippen LogP contribution in [0, 0.1) is 11.3 Å². The summed E-state index contributed by atoms with van der Waals surface area (Å²) >= 11 is 5.98. The number of nitriles is 1. The Morgan fingerprint density at radius 2 is 2.07 bits per heavy atom. The molecule has 2 aliphatic heterocycles. The highest BCUT2D eigenvalue weighted by Crippen LogP contribution is 2.14. The van der Waals surface area contributed by atoms with Gasteiger partial charge in [0.05, 0.1) is 37.9 Å². The molecule has 0 saturated carbocycles. The summed E-state index contributed by atoms with van der Waals surface area (Å²) in [5.74, 6) is 0.557. The maximum absolute atomic E-state index is 12.4. The molecule has 3 heterocycles. The van der Waals surface area contributed by atoms with Gasteiger partial charge < -0.3 is 19.3 Å². The second kappa shape index (κ2) is 11.1. The Kier molecular flexibility index (Phi) is 8.21. The number of hydrogen-bond donors (Lipinski definition) is 2. The van der Waals surface area contributed by atoms with Crippen LogP contribution < -0.4 is 15.8 Å². The second-order valence-corrected chi connectivity index (χ2v) is 7.40. The predicted molar refractivity (Wildman–Crippen MR) is 109 cm³/mol. The van der Waals surface area contributed by atoms with Crippen LogP contribution in [0.15, 0.2) is 18.3 Å². The smallest absolute Gasteiger partial charge is 0.254 e. The number of anilines is 1. The molecule has 162 valence electrons. The van der Waals surface area contributed by atoms with Crippen molar-refractivity contribution in [3.05, 3.63) is 23.9 Å². The minimum absolute atomic E-state index is 0.0531. The Bertz CT molecular complexity index is 763. The van der Waals surface area contributed by atoms with Crippen LogP contribution in [0.1, 0.15) is 12.0 Å². The van der Waals surface area contributed by atoms with Crippen molar-refractivity contribution in [2.45, 2.75) is 17.9 Å². The van der Waals surface area contributed by atoms with Crippen LogP contribution in [0.25, 0.3) is 0 Å². The number of ether oxygens (including phenoxy) is 2. The van der Waals surface area contributed by atoms with Gasteiger partial charge in [0.2, 0.25) is 5.91 Å². The Morgan fingerprint density at radius 1 is 1.27 bits per heavy atom. The van der Waals surface area contributed by atoms with Gasteiger partial charge in [0.15, 0.2) is 0 Å². The highest BCUT2D eigenvalue weighted by atomic mass is 35.5. The molecule has 2 atom stereocenters. The first-order valence-corrected chi connectivity index (χ1v) is 10.3. The van der Waals surface area contributed by atoms with Gasteiger partial charge in [-0.1, -0.05) is 0 Å². The summed E-state index contributed by atoms with van der Waals surface area (Å²) in [4.78, 5) is 32.0. The normalized spacial score (nSPS) is 21.8. The number of piperazine rings is 1. The zero-order chi connectivity index (χ0) is 21.3. The fourth-order valence-corrected chi connectivity index (χ4v) is 3.44. The molecule has 11 heteroatoms. The van der Waals surface area contributed by atoms with E-state index in [9.17, 15) is 9.59 Å². The standard InChI is InChI=1S/C19H25ClN6O4/c20-18-15(13-23-24-19(18)28)30-10-9-29-8-3-17(27)26-6-4-25(5-7-26)16-2-1-14(11-21)12-22-16/h1-2,12,15,18,23H,3-10,13H2,(H,24,28). The third-order valence-corrected chi connectivity index (χ3v) is 5.42. The van der Waals surface area contributed by atoms with Crippen molar-refractivity contribution in [2.75, 3.05) is 57.4 Å². The second-order valence-electron chi connectivity index (χ2n) is 6.93. The summed E-state index contributed by atoms with van der Waals surface area (Å²) in [5.41, 5.74) is 5.69. The molecule has 0 aromatic carbocycles. The number of nitrogens with one attached hydrogen (secondary N) is 2. The van der Waals surface area contributed by atoms with Crippen LogP contribution >= 0.6 is 11.6 Å². The topological polar surface area (TPSA) is 120 Å². The van der Waals surface area contributed by atoms with Gasteiger partial charge in [-0.15, -0.1) is 11.6 Å². The number of aromatic nitrogens is 1. The first-order valence-electron chi connectivity index (χ1n) is 9.83. The van der Waals surface area contributed by atoms with Gasteiger partial charge in [-0.3, -0.25) is 15.0 Å². The average Bonchev–Trinajstić information content (AvgIpc) is 2.79. The highest BCUT2D eigenvalue weighted by molar-refractivity contribution is 6.31. The van der Waals surface area contributed by atoms with E-state index in [1.807, 2.05) is 11.0 Å². The molecule has 10 nitrogen and oxygen atoms in total. The molecule has 2 N–H and O–H groups in total. The summed E-state index contributed by atoms with van der Waals surface area (Å²) in [6.07, 6.45) is 1.45. The van der Waals surface area contributed by atoms with Gasteiger partial charge in [0.25, 0.3) is 5.91 Å². The van der Waals surface area contributed by atoms with Gasteiger partial charge in [-0.25, -0.2) is 10.4 Å². The number of pyridine rings is 1. The molecule has 2 unspecified atom stereocenters. The lowest BCUT2D eigenvalue weighted by Gasteiger charge is -2.35. The minimum Gasteiger partial charge on any atom is -0.379 e. The molecule has 1 aromatic rings. The molecule has 2 saturated heterocycles. The number of alkyl halides is 1. The van der Waals surface area contributed by atoms with Gasteiger partial charge in [0.1, 0.15) is 17.3 Å². The predicted octanol–water partition coefficient (Wildman–Crippen LogP) is -0.364. The maximum Gasteiger partial charge on any atom is 0.254 e. The van der Waals surface area contributed by atoms with E-state index in [0.717, 1.165) is 5.82 Å². The number of hydrazine groups is 1. The van der Waals surface area contributed by atoms with E-state index in [4.69, 9.17) is 26.3 Å². The quantitative estimate of drug-likeness (QED) is 0.418. The van der Waals surface area contributed by atoms with E-state index < -0.39 is 11.5 Å². The van der Waals surface area contributed by atoms with E-state index >= 15 is 0 Å². The van der Waals surface area contributed by atoms with Gasteiger partial charge >= 0.3 is 0 Å². The van der Waals surface area contributed by atoms with Crippen LogP contribution in [0.5, 0.6) is 0 Å². The van der Waals surface area contributed by atoms with E-state index in [-0.39, 0.29) is 11.8 Å². The number of carbonyl (C=O) groups is 2. The third-order valence-electron chi connectivity index (χ3n) is 4.94. The monoisotopic (exact) mass is 436 g/mol. The molecular weight excluding hydrogens is 412 g/mol. The summed E-state index contributed by atoms with van der Waals surface area (Å²) in [7, 11) is 0. The fraction of sp³-hybridized carbons (Fsp3) is 0.579. The van der Waals surface area contributed by atoms with Gasteiger partial charge in [-0.2, -0.15) is 5.26 Å². The minimum atomic E-state index is -0.731. The molecule has 1 aromatic heterocycles. The molecule has 0 radical (unpaired) electrons. The first kappa shape index (κ1) is 22.2. The summed E-state index contributed by atoms with van der Waals surface area (Å²) in [5, 5.41) is 8.12. The fourth-order valence-electron chi connectivity index (χ4n) is 3.23. The Hall–Kier alpha value is -2.45. The van der Waals surface area contributed by atoms with Gasteiger partial charge in [0, 0.05) is 38.9 Å². The molecule has 3 rings (SSSR count). The molecular formula is C19H25ClN6O4. The highest BCUT2D eigenvalue weighted by Gasteiger charge is 2.30. The van der Waals surface area contributed by atoms with Crippen molar-refractivity contribution in [2.24, 2.45) is 0 Å². The van der Waals surface area contributed by atoms with E-state index in [1.165, 1.54) is 0 Å². The average molecular weight is 437 g/mol. The number of nitrogens with zero attached hydrogens (tertiary/aromatic N) is 4. The largest absolute Gasteiger partial charge is 0.379 e. The number of rotatable bonds is 8. The van der Waals surface area contributed by atoms with E-state index in [1.54, 1.807) is 12.3 Å². The number of carbonyl (C=O) groups excluding carboxylic acids is 2. The lowest BCUT2D eigenvalue weighted by molar-refractivity contribution is -0.133. The number of halogens is 1. The lowest BCUT2D eigenvalue weighted by atomic mass is 10.2. The summed E-state index contributed by atoms with van der Waals surface area (Å²) in [6, 6.07) is 5.62. The molecule has 0 bridgehead atoms. The van der Waals surface area contributed by atoms with Gasteiger partial charge in [-0.05, 0) is 12.1 Å². The van der Waals surface area contributed by atoms with E-state index in [2.05, 4.69) is 26.8 Å². The molecule has 30 heavy (non-hydrogen) atoms. The maximum atomic E-state index is 12.4. The zero-order valence-electron chi connectivity index (χ0n) is 16.6. The lowest BCUT2D eigenvalue weighted by Crippen LogP contribution is -2.57. The Labute approximate surface area is 180 Å². The van der Waals surface area contributed by atoms with Crippen molar-refractivity contribution in [3.8, 4) is 6.07 Å². The molecule has 2 aliphatic rings. The van der Waals surface area contributed by atoms with Crippen molar-refractivity contribution >= 4 is 29.2 Å². The van der Waals surface area contributed by atoms with Crippen LogP contribution in [-0.2, 0) is 19.1 Å². The first-order chi connectivity index (χ1) is 14.6. The summed E-state index contributed by atoms with van der Waals surface area (Å²) in [6.45, 7) is 4.01. The van der Waals surface area contributed by atoms with Crippen LogP contribution in [0.2, 0.25) is 0 Å². The van der Waals surface area contributed by atoms with Crippen molar-refractivity contribution in [1.82, 2.24) is 20.7 Å². The van der Waals surface area contributed by atoms with Crippen molar-refractivity contribution in [3.63, 3.8) is 0 Å². The zero-order valence-corrected chi connectivity index (χ0v) is 17.3. The van der Waals surface area contributed by atoms with Crippen molar-refractivity contribution < 1.29 is 19.1 Å². The number of hydrogen-bond acceptors (Lipinski definition) is 8. The Balaban J connectivity index is 1.28. The van der Waals surface area contributed by atoms with E-state index in [0.29, 0.717) is 64.5 Å². The van der Waals surface area contributed by atoms with Crippen molar-refractivity contribution in [1.29, 1.82) is 5.26 Å².